The average Bonchev–Trinajstić information content (AvgIpc) is 2.90. The third-order valence-corrected chi connectivity index (χ3v) is 4.85. The Morgan fingerprint density at radius 2 is 2.15 bits per heavy atom. The highest BCUT2D eigenvalue weighted by Crippen LogP contribution is 2.29. The van der Waals surface area contributed by atoms with Crippen molar-refractivity contribution in [3.63, 3.8) is 0 Å². The maximum Gasteiger partial charge on any atom is 0.0961 e. The lowest BCUT2D eigenvalue weighted by atomic mass is 9.96. The molecule has 0 aromatic carbocycles. The quantitative estimate of drug-likeness (QED) is 0.777. The van der Waals surface area contributed by atoms with Crippen molar-refractivity contribution in [1.82, 2.24) is 9.88 Å². The average molecular weight is 294 g/mol. The van der Waals surface area contributed by atoms with Crippen LogP contribution in [0.25, 0.3) is 0 Å². The predicted molar refractivity (Wildman–Crippen MR) is 80.3 cm³/mol. The van der Waals surface area contributed by atoms with E-state index in [0.29, 0.717) is 12.0 Å². The molecule has 0 N–H and O–H groups in total. The third kappa shape index (κ3) is 3.01. The van der Waals surface area contributed by atoms with Gasteiger partial charge in [0.2, 0.25) is 0 Å². The van der Waals surface area contributed by atoms with Gasteiger partial charge in [-0.3, -0.25) is 4.90 Å². The molecular weight excluding hydrogens is 272 g/mol. The maximum atomic E-state index is 5.54. The lowest BCUT2D eigenvalue weighted by molar-refractivity contribution is -0.0591. The zero-order chi connectivity index (χ0) is 13.9. The van der Waals surface area contributed by atoms with Crippen LogP contribution in [0.3, 0.4) is 0 Å². The number of aromatic nitrogens is 1. The fraction of sp³-hybridized carbons (Fsp3) is 0.667. The lowest BCUT2D eigenvalue weighted by Gasteiger charge is -2.34. The summed E-state index contributed by atoms with van der Waals surface area (Å²) in [6, 6.07) is 4.93. The summed E-state index contributed by atoms with van der Waals surface area (Å²) in [6.07, 6.45) is 3.19. The minimum Gasteiger partial charge on any atom is -0.381 e. The number of ether oxygens (including phenoxy) is 2. The van der Waals surface area contributed by atoms with E-state index >= 15 is 0 Å². The Kier molecular flexibility index (Phi) is 4.61. The highest BCUT2D eigenvalue weighted by molar-refractivity contribution is 7.98. The highest BCUT2D eigenvalue weighted by atomic mass is 32.2. The Hall–Kier alpha value is -0.620. The van der Waals surface area contributed by atoms with E-state index in [2.05, 4.69) is 30.3 Å². The smallest absolute Gasteiger partial charge is 0.0961 e. The number of pyridine rings is 1. The summed E-state index contributed by atoms with van der Waals surface area (Å²) < 4.78 is 10.8. The van der Waals surface area contributed by atoms with Gasteiger partial charge in [0.05, 0.1) is 36.6 Å². The highest BCUT2D eigenvalue weighted by Gasteiger charge is 2.26. The molecule has 0 spiro atoms. The molecule has 2 fully saturated rings. The van der Waals surface area contributed by atoms with E-state index < -0.39 is 0 Å². The molecule has 2 aliphatic heterocycles. The predicted octanol–water partition coefficient (Wildman–Crippen LogP) is 2.14. The third-order valence-electron chi connectivity index (χ3n) is 4.21. The normalized spacial score (nSPS) is 23.2. The second-order valence-electron chi connectivity index (χ2n) is 5.56. The monoisotopic (exact) mass is 294 g/mol. The number of rotatable bonds is 5. The van der Waals surface area contributed by atoms with E-state index in [-0.39, 0.29) is 0 Å². The standard InChI is InChI=1S/C15H22N2O2S/c1-17(12-9-19-10-12)7-14-13(11-5-6-18-8-11)3-4-15(16-14)20-2/h3-4,11-12H,5-10H2,1-2H3/t11-/m0/s1. The Balaban J connectivity index is 1.80. The maximum absolute atomic E-state index is 5.54. The summed E-state index contributed by atoms with van der Waals surface area (Å²) in [4.78, 5) is 7.20. The van der Waals surface area contributed by atoms with E-state index in [1.807, 2.05) is 0 Å². The van der Waals surface area contributed by atoms with Crippen LogP contribution >= 0.6 is 11.8 Å². The van der Waals surface area contributed by atoms with Gasteiger partial charge in [-0.2, -0.15) is 0 Å². The summed E-state index contributed by atoms with van der Waals surface area (Å²) in [6.45, 7) is 4.31. The molecule has 2 aliphatic rings. The van der Waals surface area contributed by atoms with Crippen molar-refractivity contribution in [2.75, 3.05) is 39.7 Å². The molecule has 20 heavy (non-hydrogen) atoms. The van der Waals surface area contributed by atoms with Gasteiger partial charge in [0.1, 0.15) is 0 Å². The van der Waals surface area contributed by atoms with Crippen LogP contribution in [0.1, 0.15) is 23.6 Å². The first-order valence-corrected chi connectivity index (χ1v) is 8.40. The van der Waals surface area contributed by atoms with Crippen molar-refractivity contribution in [3.8, 4) is 0 Å². The van der Waals surface area contributed by atoms with Crippen LogP contribution in [0, 0.1) is 0 Å². The Morgan fingerprint density at radius 1 is 1.30 bits per heavy atom. The SMILES string of the molecule is CSc1ccc([C@H]2CCOC2)c(CN(C)C2COC2)n1. The first kappa shape index (κ1) is 14.3. The van der Waals surface area contributed by atoms with Crippen molar-refractivity contribution >= 4 is 11.8 Å². The zero-order valence-electron chi connectivity index (χ0n) is 12.2. The summed E-state index contributed by atoms with van der Waals surface area (Å²) >= 11 is 1.70. The van der Waals surface area contributed by atoms with Crippen molar-refractivity contribution in [2.45, 2.75) is 30.0 Å². The van der Waals surface area contributed by atoms with E-state index in [1.165, 1.54) is 11.3 Å². The van der Waals surface area contributed by atoms with Gasteiger partial charge < -0.3 is 9.47 Å². The molecule has 0 bridgehead atoms. The van der Waals surface area contributed by atoms with E-state index in [0.717, 1.165) is 44.4 Å². The molecule has 4 nitrogen and oxygen atoms in total. The minimum atomic E-state index is 0.513. The van der Waals surface area contributed by atoms with Gasteiger partial charge in [0.25, 0.3) is 0 Å². The Bertz CT molecular complexity index is 459. The van der Waals surface area contributed by atoms with Crippen LogP contribution in [0.15, 0.2) is 17.2 Å². The molecule has 2 saturated heterocycles. The van der Waals surface area contributed by atoms with Crippen LogP contribution in [-0.4, -0.2) is 55.7 Å². The van der Waals surface area contributed by atoms with E-state index in [9.17, 15) is 0 Å². The molecule has 3 rings (SSSR count). The molecule has 0 unspecified atom stereocenters. The lowest BCUT2D eigenvalue weighted by Crippen LogP contribution is -2.46. The van der Waals surface area contributed by atoms with Crippen LogP contribution in [-0.2, 0) is 16.0 Å². The number of likely N-dealkylation sites (N-methyl/N-ethyl adjacent to an activating group) is 1. The largest absolute Gasteiger partial charge is 0.381 e. The molecule has 1 aromatic rings. The summed E-state index contributed by atoms with van der Waals surface area (Å²) in [5.74, 6) is 0.513. The molecule has 110 valence electrons. The summed E-state index contributed by atoms with van der Waals surface area (Å²) in [7, 11) is 2.16. The fourth-order valence-electron chi connectivity index (χ4n) is 2.73. The number of hydrogen-bond acceptors (Lipinski definition) is 5. The molecule has 0 aliphatic carbocycles. The molecule has 1 aromatic heterocycles. The van der Waals surface area contributed by atoms with Gasteiger partial charge in [-0.05, 0) is 31.4 Å². The van der Waals surface area contributed by atoms with E-state index in [1.54, 1.807) is 11.8 Å². The number of hydrogen-bond donors (Lipinski definition) is 0. The van der Waals surface area contributed by atoms with Crippen LogP contribution in [0.4, 0.5) is 0 Å². The van der Waals surface area contributed by atoms with Crippen molar-refractivity contribution in [2.24, 2.45) is 0 Å². The molecular formula is C15H22N2O2S. The van der Waals surface area contributed by atoms with Gasteiger partial charge in [-0.25, -0.2) is 4.98 Å². The molecule has 0 radical (unpaired) electrons. The Labute approximate surface area is 124 Å². The second kappa shape index (κ2) is 6.43. The van der Waals surface area contributed by atoms with Crippen molar-refractivity contribution in [3.05, 3.63) is 23.4 Å². The summed E-state index contributed by atoms with van der Waals surface area (Å²) in [5.41, 5.74) is 2.58. The van der Waals surface area contributed by atoms with Gasteiger partial charge in [-0.1, -0.05) is 6.07 Å². The molecule has 3 heterocycles. The van der Waals surface area contributed by atoms with Crippen LogP contribution in [0.2, 0.25) is 0 Å². The second-order valence-corrected chi connectivity index (χ2v) is 6.38. The zero-order valence-corrected chi connectivity index (χ0v) is 13.0. The van der Waals surface area contributed by atoms with Gasteiger partial charge in [0, 0.05) is 19.1 Å². The van der Waals surface area contributed by atoms with Crippen molar-refractivity contribution < 1.29 is 9.47 Å². The fourth-order valence-corrected chi connectivity index (χ4v) is 3.13. The number of nitrogens with zero attached hydrogens (tertiary/aromatic N) is 2. The van der Waals surface area contributed by atoms with Gasteiger partial charge in [-0.15, -0.1) is 11.8 Å². The van der Waals surface area contributed by atoms with Crippen LogP contribution < -0.4 is 0 Å². The minimum absolute atomic E-state index is 0.513. The molecule has 5 heteroatoms. The molecule has 1 atom stereocenters. The van der Waals surface area contributed by atoms with E-state index in [4.69, 9.17) is 14.5 Å². The van der Waals surface area contributed by atoms with Crippen LogP contribution in [0.5, 0.6) is 0 Å². The van der Waals surface area contributed by atoms with Crippen molar-refractivity contribution in [1.29, 1.82) is 0 Å². The van der Waals surface area contributed by atoms with Gasteiger partial charge in [0.15, 0.2) is 0 Å². The Morgan fingerprint density at radius 3 is 2.75 bits per heavy atom. The first-order valence-electron chi connectivity index (χ1n) is 7.17. The first-order chi connectivity index (χ1) is 9.78. The topological polar surface area (TPSA) is 34.6 Å². The molecule has 0 saturated carbocycles. The van der Waals surface area contributed by atoms with Gasteiger partial charge >= 0.3 is 0 Å². The summed E-state index contributed by atoms with van der Waals surface area (Å²) in [5, 5.41) is 1.10. The number of thioether (sulfide) groups is 1. The molecule has 0 amide bonds.